The molecule has 3 nitrogen and oxygen atoms in total. The second-order valence-electron chi connectivity index (χ2n) is 3.92. The number of thiazole rings is 1. The van der Waals surface area contributed by atoms with Crippen LogP contribution in [0.2, 0.25) is 0 Å². The van der Waals surface area contributed by atoms with Crippen LogP contribution in [0.3, 0.4) is 0 Å². The molecule has 0 saturated heterocycles. The van der Waals surface area contributed by atoms with E-state index in [2.05, 4.69) is 4.98 Å². The van der Waals surface area contributed by atoms with Crippen LogP contribution in [0.25, 0.3) is 0 Å². The first-order valence-corrected chi connectivity index (χ1v) is 6.66. The molecule has 1 aromatic carbocycles. The molecule has 0 bridgehead atoms. The number of ether oxygens (including phenoxy) is 1. The fourth-order valence-corrected chi connectivity index (χ4v) is 2.29. The van der Waals surface area contributed by atoms with Gasteiger partial charge in [-0.25, -0.2) is 13.8 Å². The maximum Gasteiger partial charge on any atom is 0.191 e. The second-order valence-corrected chi connectivity index (χ2v) is 4.86. The third-order valence-corrected chi connectivity index (χ3v) is 3.55. The third kappa shape index (κ3) is 3.27. The van der Waals surface area contributed by atoms with Crippen molar-refractivity contribution < 1.29 is 18.6 Å². The Bertz CT molecular complexity index is 549. The largest absolute Gasteiger partial charge is 0.481 e. The minimum absolute atomic E-state index is 0.0167. The maximum absolute atomic E-state index is 13.6. The van der Waals surface area contributed by atoms with Crippen molar-refractivity contribution in [3.05, 3.63) is 45.4 Å². The summed E-state index contributed by atoms with van der Waals surface area (Å²) < 4.78 is 32.3. The van der Waals surface area contributed by atoms with Gasteiger partial charge in [-0.3, -0.25) is 0 Å². The van der Waals surface area contributed by atoms with Gasteiger partial charge in [0.15, 0.2) is 17.4 Å². The molecular weight excluding hydrogens is 272 g/mol. The smallest absolute Gasteiger partial charge is 0.191 e. The summed E-state index contributed by atoms with van der Waals surface area (Å²) in [5.41, 5.74) is 0.816. The van der Waals surface area contributed by atoms with E-state index in [9.17, 15) is 8.78 Å². The fourth-order valence-electron chi connectivity index (χ4n) is 1.57. The molecule has 0 aliphatic rings. The van der Waals surface area contributed by atoms with Crippen LogP contribution in [-0.2, 0) is 19.6 Å². The van der Waals surface area contributed by atoms with Gasteiger partial charge < -0.3 is 9.84 Å². The van der Waals surface area contributed by atoms with Crippen molar-refractivity contribution in [2.24, 2.45) is 0 Å². The molecule has 6 heteroatoms. The number of halogens is 2. The standard InChI is InChI=1S/C13H13F2NO2S/c1-2-12-16-9(7-19-12)6-18-13-10(14)3-8(5-17)4-11(13)15/h3-4,7,17H,2,5-6H2,1H3. The van der Waals surface area contributed by atoms with Crippen LogP contribution in [0.4, 0.5) is 8.78 Å². The Hall–Kier alpha value is -1.53. The van der Waals surface area contributed by atoms with Crippen molar-refractivity contribution in [1.29, 1.82) is 0 Å². The van der Waals surface area contributed by atoms with E-state index in [-0.39, 0.29) is 12.2 Å². The van der Waals surface area contributed by atoms with Gasteiger partial charge in [0.25, 0.3) is 0 Å². The fraction of sp³-hybridized carbons (Fsp3) is 0.308. The average Bonchev–Trinajstić information content (AvgIpc) is 2.85. The number of rotatable bonds is 5. The molecule has 0 radical (unpaired) electrons. The first-order chi connectivity index (χ1) is 9.13. The molecule has 0 unspecified atom stereocenters. The average molecular weight is 285 g/mol. The van der Waals surface area contributed by atoms with E-state index in [1.807, 2.05) is 6.92 Å². The van der Waals surface area contributed by atoms with Crippen molar-refractivity contribution in [3.63, 3.8) is 0 Å². The van der Waals surface area contributed by atoms with E-state index in [0.717, 1.165) is 23.6 Å². The zero-order valence-electron chi connectivity index (χ0n) is 10.3. The summed E-state index contributed by atoms with van der Waals surface area (Å²) in [5, 5.41) is 11.6. The van der Waals surface area contributed by atoms with Gasteiger partial charge in [-0.15, -0.1) is 11.3 Å². The van der Waals surface area contributed by atoms with Gasteiger partial charge in [0.05, 0.1) is 17.3 Å². The molecule has 19 heavy (non-hydrogen) atoms. The number of benzene rings is 1. The van der Waals surface area contributed by atoms with Crippen LogP contribution in [-0.4, -0.2) is 10.1 Å². The van der Waals surface area contributed by atoms with E-state index in [1.165, 1.54) is 11.3 Å². The summed E-state index contributed by atoms with van der Waals surface area (Å²) in [6.45, 7) is 1.58. The number of aromatic nitrogens is 1. The van der Waals surface area contributed by atoms with Crippen LogP contribution in [0, 0.1) is 11.6 Å². The molecule has 2 aromatic rings. The Morgan fingerprint density at radius 3 is 2.53 bits per heavy atom. The Balaban J connectivity index is 2.11. The normalized spacial score (nSPS) is 10.7. The quantitative estimate of drug-likeness (QED) is 0.918. The summed E-state index contributed by atoms with van der Waals surface area (Å²) in [6, 6.07) is 2.11. The van der Waals surface area contributed by atoms with Gasteiger partial charge >= 0.3 is 0 Å². The lowest BCUT2D eigenvalue weighted by Gasteiger charge is -2.08. The summed E-state index contributed by atoms with van der Waals surface area (Å²) in [4.78, 5) is 4.25. The van der Waals surface area contributed by atoms with Crippen molar-refractivity contribution in [1.82, 2.24) is 4.98 Å². The van der Waals surface area contributed by atoms with E-state index in [0.29, 0.717) is 5.69 Å². The number of hydrogen-bond acceptors (Lipinski definition) is 4. The lowest BCUT2D eigenvalue weighted by Crippen LogP contribution is -2.01. The molecule has 0 aliphatic heterocycles. The van der Waals surface area contributed by atoms with Crippen LogP contribution in [0.15, 0.2) is 17.5 Å². The lowest BCUT2D eigenvalue weighted by atomic mass is 10.2. The van der Waals surface area contributed by atoms with E-state index < -0.39 is 24.0 Å². The Kier molecular flexibility index (Phi) is 4.44. The Morgan fingerprint density at radius 1 is 1.32 bits per heavy atom. The molecule has 0 atom stereocenters. The van der Waals surface area contributed by atoms with Gasteiger partial charge in [-0.05, 0) is 24.1 Å². The van der Waals surface area contributed by atoms with Crippen LogP contribution in [0.5, 0.6) is 5.75 Å². The molecule has 2 rings (SSSR count). The van der Waals surface area contributed by atoms with Gasteiger partial charge in [-0.1, -0.05) is 6.92 Å². The first-order valence-electron chi connectivity index (χ1n) is 5.79. The van der Waals surface area contributed by atoms with Gasteiger partial charge in [0, 0.05) is 5.38 Å². The Labute approximate surface area is 113 Å². The second kappa shape index (κ2) is 6.08. The molecule has 0 fully saturated rings. The molecule has 0 amide bonds. The summed E-state index contributed by atoms with van der Waals surface area (Å²) >= 11 is 1.49. The highest BCUT2D eigenvalue weighted by atomic mass is 32.1. The zero-order chi connectivity index (χ0) is 13.8. The Morgan fingerprint density at radius 2 is 2.00 bits per heavy atom. The molecule has 0 spiro atoms. The van der Waals surface area contributed by atoms with Crippen molar-refractivity contribution >= 4 is 11.3 Å². The molecule has 102 valence electrons. The summed E-state index contributed by atoms with van der Waals surface area (Å²) in [5.74, 6) is -2.09. The first kappa shape index (κ1) is 13.9. The maximum atomic E-state index is 13.6. The predicted octanol–water partition coefficient (Wildman–Crippen LogP) is 3.06. The summed E-state index contributed by atoms with van der Waals surface area (Å²) in [6.07, 6.45) is 0.818. The van der Waals surface area contributed by atoms with Crippen LogP contribution < -0.4 is 4.74 Å². The molecule has 1 aromatic heterocycles. The molecule has 0 saturated carbocycles. The van der Waals surface area contributed by atoms with E-state index in [1.54, 1.807) is 5.38 Å². The molecule has 1 heterocycles. The highest BCUT2D eigenvalue weighted by Gasteiger charge is 2.13. The third-order valence-electron chi connectivity index (χ3n) is 2.51. The van der Waals surface area contributed by atoms with Gasteiger partial charge in [-0.2, -0.15) is 0 Å². The number of hydrogen-bond donors (Lipinski definition) is 1. The zero-order valence-corrected chi connectivity index (χ0v) is 11.1. The summed E-state index contributed by atoms with van der Waals surface area (Å²) in [7, 11) is 0. The van der Waals surface area contributed by atoms with Crippen molar-refractivity contribution in [2.45, 2.75) is 26.6 Å². The van der Waals surface area contributed by atoms with Gasteiger partial charge in [0.2, 0.25) is 0 Å². The number of aryl methyl sites for hydroxylation is 1. The highest BCUT2D eigenvalue weighted by molar-refractivity contribution is 7.09. The molecule has 1 N–H and O–H groups in total. The predicted molar refractivity (Wildman–Crippen MR) is 68.1 cm³/mol. The SMILES string of the molecule is CCc1nc(COc2c(F)cc(CO)cc2F)cs1. The number of aliphatic hydroxyl groups excluding tert-OH is 1. The number of nitrogens with zero attached hydrogens (tertiary/aromatic N) is 1. The van der Waals surface area contributed by atoms with E-state index >= 15 is 0 Å². The minimum atomic E-state index is -0.824. The van der Waals surface area contributed by atoms with Crippen LogP contribution >= 0.6 is 11.3 Å². The van der Waals surface area contributed by atoms with Crippen molar-refractivity contribution in [2.75, 3.05) is 0 Å². The monoisotopic (exact) mass is 285 g/mol. The van der Waals surface area contributed by atoms with Crippen LogP contribution in [0.1, 0.15) is 23.2 Å². The number of aliphatic hydroxyl groups is 1. The van der Waals surface area contributed by atoms with Crippen molar-refractivity contribution in [3.8, 4) is 5.75 Å². The molecular formula is C13H13F2NO2S. The topological polar surface area (TPSA) is 42.4 Å². The minimum Gasteiger partial charge on any atom is -0.481 e. The molecule has 0 aliphatic carbocycles. The lowest BCUT2D eigenvalue weighted by molar-refractivity contribution is 0.264. The van der Waals surface area contributed by atoms with Gasteiger partial charge in [0.1, 0.15) is 6.61 Å². The highest BCUT2D eigenvalue weighted by Crippen LogP contribution is 2.24. The van der Waals surface area contributed by atoms with E-state index in [4.69, 9.17) is 9.84 Å².